The highest BCUT2D eigenvalue weighted by Gasteiger charge is 2.35. The van der Waals surface area contributed by atoms with Crippen LogP contribution in [0.1, 0.15) is 46.0 Å². The highest BCUT2D eigenvalue weighted by molar-refractivity contribution is 7.89. The summed E-state index contributed by atoms with van der Waals surface area (Å²) in [5.41, 5.74) is 0.0342. The van der Waals surface area contributed by atoms with E-state index in [1.54, 1.807) is 0 Å². The minimum atomic E-state index is -3.78. The molecule has 1 aliphatic carbocycles. The molecule has 0 bridgehead atoms. The third kappa shape index (κ3) is 4.04. The lowest BCUT2D eigenvalue weighted by molar-refractivity contribution is 0.236. The Labute approximate surface area is 127 Å². The molecule has 3 nitrogen and oxygen atoms in total. The van der Waals surface area contributed by atoms with E-state index >= 15 is 0 Å². The zero-order valence-corrected chi connectivity index (χ0v) is 13.5. The van der Waals surface area contributed by atoms with Gasteiger partial charge in [0.1, 0.15) is 10.7 Å². The van der Waals surface area contributed by atoms with E-state index in [1.165, 1.54) is 24.3 Å². The quantitative estimate of drug-likeness (QED) is 0.870. The van der Waals surface area contributed by atoms with Crippen molar-refractivity contribution in [3.05, 3.63) is 30.1 Å². The second kappa shape index (κ2) is 6.44. The second-order valence-electron chi connectivity index (χ2n) is 6.56. The van der Waals surface area contributed by atoms with Gasteiger partial charge in [-0.3, -0.25) is 0 Å². The van der Waals surface area contributed by atoms with Gasteiger partial charge in [-0.15, -0.1) is 0 Å². The summed E-state index contributed by atoms with van der Waals surface area (Å²) in [7, 11) is -3.78. The summed E-state index contributed by atoms with van der Waals surface area (Å²) < 4.78 is 40.9. The minimum Gasteiger partial charge on any atom is -0.211 e. The first-order chi connectivity index (χ1) is 9.85. The molecule has 0 unspecified atom stereocenters. The molecule has 1 aromatic rings. The van der Waals surface area contributed by atoms with E-state index in [2.05, 4.69) is 18.6 Å². The van der Waals surface area contributed by atoms with Crippen molar-refractivity contribution in [2.45, 2.75) is 50.8 Å². The topological polar surface area (TPSA) is 46.2 Å². The number of halogens is 1. The summed E-state index contributed by atoms with van der Waals surface area (Å²) in [6.07, 6.45) is 5.39. The van der Waals surface area contributed by atoms with Crippen molar-refractivity contribution in [3.63, 3.8) is 0 Å². The Morgan fingerprint density at radius 1 is 1.24 bits per heavy atom. The largest absolute Gasteiger partial charge is 0.243 e. The van der Waals surface area contributed by atoms with Crippen LogP contribution in [0.2, 0.25) is 0 Å². The van der Waals surface area contributed by atoms with Crippen LogP contribution in [0.5, 0.6) is 0 Å². The predicted octanol–water partition coefficient (Wildman–Crippen LogP) is 3.71. The Morgan fingerprint density at radius 3 is 2.43 bits per heavy atom. The summed E-state index contributed by atoms with van der Waals surface area (Å²) in [5, 5.41) is 0. The fourth-order valence-corrected chi connectivity index (χ4v) is 4.67. The number of hydrogen-bond acceptors (Lipinski definition) is 2. The van der Waals surface area contributed by atoms with Crippen molar-refractivity contribution in [2.24, 2.45) is 11.3 Å². The first-order valence-corrected chi connectivity index (χ1v) is 9.07. The molecule has 2 rings (SSSR count). The first-order valence-electron chi connectivity index (χ1n) is 7.59. The van der Waals surface area contributed by atoms with Gasteiger partial charge in [0, 0.05) is 6.54 Å². The van der Waals surface area contributed by atoms with Crippen LogP contribution in [0, 0.1) is 17.2 Å². The number of sulfonamides is 1. The van der Waals surface area contributed by atoms with E-state index in [9.17, 15) is 12.8 Å². The Morgan fingerprint density at radius 2 is 1.86 bits per heavy atom. The molecule has 0 aliphatic heterocycles. The molecule has 0 amide bonds. The smallest absolute Gasteiger partial charge is 0.211 e. The van der Waals surface area contributed by atoms with Gasteiger partial charge in [0.2, 0.25) is 10.0 Å². The van der Waals surface area contributed by atoms with Gasteiger partial charge in [-0.2, -0.15) is 0 Å². The third-order valence-electron chi connectivity index (χ3n) is 4.27. The van der Waals surface area contributed by atoms with Gasteiger partial charge in [-0.25, -0.2) is 17.5 Å². The molecule has 0 heterocycles. The molecule has 5 heteroatoms. The summed E-state index contributed by atoms with van der Waals surface area (Å²) in [6, 6.07) is 5.51. The van der Waals surface area contributed by atoms with Crippen molar-refractivity contribution < 1.29 is 12.8 Å². The molecule has 118 valence electrons. The Hall–Kier alpha value is -0.940. The molecule has 1 fully saturated rings. The van der Waals surface area contributed by atoms with Crippen molar-refractivity contribution in [2.75, 3.05) is 6.54 Å². The lowest BCUT2D eigenvalue weighted by atomic mass is 9.79. The predicted molar refractivity (Wildman–Crippen MR) is 81.9 cm³/mol. The average molecular weight is 313 g/mol. The van der Waals surface area contributed by atoms with Crippen molar-refractivity contribution >= 4 is 10.0 Å². The van der Waals surface area contributed by atoms with E-state index in [4.69, 9.17) is 0 Å². The van der Waals surface area contributed by atoms with Gasteiger partial charge >= 0.3 is 0 Å². The number of nitrogens with one attached hydrogen (secondary N) is 1. The van der Waals surface area contributed by atoms with Crippen LogP contribution in [0.4, 0.5) is 4.39 Å². The normalized spacial score (nSPS) is 18.3. The molecule has 0 radical (unpaired) electrons. The molecular formula is C16H24FNO2S. The van der Waals surface area contributed by atoms with Crippen molar-refractivity contribution in [3.8, 4) is 0 Å². The molecule has 0 spiro atoms. The molecule has 1 N–H and O–H groups in total. The highest BCUT2D eigenvalue weighted by atomic mass is 32.2. The standard InChI is InChI=1S/C16H24FNO2S/c1-13(2)11-16(9-5-6-10-16)12-18-21(19,20)15-8-4-3-7-14(15)17/h3-4,7-8,13,18H,5-6,9-12H2,1-2H3. The maximum absolute atomic E-state index is 13.7. The van der Waals surface area contributed by atoms with Crippen LogP contribution in [0.3, 0.4) is 0 Å². The summed E-state index contributed by atoms with van der Waals surface area (Å²) in [6.45, 7) is 4.72. The van der Waals surface area contributed by atoms with E-state index in [0.29, 0.717) is 12.5 Å². The monoisotopic (exact) mass is 313 g/mol. The first kappa shape index (κ1) is 16.4. The number of hydrogen-bond donors (Lipinski definition) is 1. The van der Waals surface area contributed by atoms with Crippen molar-refractivity contribution in [1.29, 1.82) is 0 Å². The fraction of sp³-hybridized carbons (Fsp3) is 0.625. The van der Waals surface area contributed by atoms with E-state index < -0.39 is 15.8 Å². The van der Waals surface area contributed by atoms with E-state index in [1.807, 2.05) is 0 Å². The van der Waals surface area contributed by atoms with Crippen LogP contribution >= 0.6 is 0 Å². The zero-order valence-electron chi connectivity index (χ0n) is 12.7. The highest BCUT2D eigenvalue weighted by Crippen LogP contribution is 2.42. The van der Waals surface area contributed by atoms with E-state index in [0.717, 1.165) is 32.1 Å². The summed E-state index contributed by atoms with van der Waals surface area (Å²) in [5.74, 6) is -0.171. The molecular weight excluding hydrogens is 289 g/mol. The van der Waals surface area contributed by atoms with Crippen LogP contribution in [-0.2, 0) is 10.0 Å². The maximum atomic E-state index is 13.7. The van der Waals surface area contributed by atoms with Gasteiger partial charge < -0.3 is 0 Å². The summed E-state index contributed by atoms with van der Waals surface area (Å²) in [4.78, 5) is -0.261. The van der Waals surface area contributed by atoms with Gasteiger partial charge in [0.15, 0.2) is 0 Å². The second-order valence-corrected chi connectivity index (χ2v) is 8.30. The molecule has 1 aliphatic rings. The molecule has 0 atom stereocenters. The van der Waals surface area contributed by atoms with Crippen LogP contribution in [-0.4, -0.2) is 15.0 Å². The van der Waals surface area contributed by atoms with Crippen LogP contribution in [0.25, 0.3) is 0 Å². The number of rotatable bonds is 6. The zero-order chi connectivity index (χ0) is 15.5. The van der Waals surface area contributed by atoms with Crippen molar-refractivity contribution in [1.82, 2.24) is 4.72 Å². The molecule has 0 saturated heterocycles. The van der Waals surface area contributed by atoms with Gasteiger partial charge in [-0.1, -0.05) is 38.8 Å². The molecule has 21 heavy (non-hydrogen) atoms. The lowest BCUT2D eigenvalue weighted by Crippen LogP contribution is -2.37. The Kier molecular flexibility index (Phi) is 5.04. The van der Waals surface area contributed by atoms with Gasteiger partial charge in [0.25, 0.3) is 0 Å². The van der Waals surface area contributed by atoms with E-state index in [-0.39, 0.29) is 10.3 Å². The van der Waals surface area contributed by atoms with Gasteiger partial charge in [0.05, 0.1) is 0 Å². The average Bonchev–Trinajstić information content (AvgIpc) is 2.85. The fourth-order valence-electron chi connectivity index (χ4n) is 3.43. The third-order valence-corrected chi connectivity index (χ3v) is 5.70. The summed E-state index contributed by atoms with van der Waals surface area (Å²) >= 11 is 0. The molecule has 1 saturated carbocycles. The van der Waals surface area contributed by atoms with Crippen LogP contribution < -0.4 is 4.72 Å². The maximum Gasteiger partial charge on any atom is 0.243 e. The Balaban J connectivity index is 2.12. The molecule has 0 aromatic heterocycles. The lowest BCUT2D eigenvalue weighted by Gasteiger charge is -2.31. The molecule has 1 aromatic carbocycles. The van der Waals surface area contributed by atoms with Gasteiger partial charge in [-0.05, 0) is 42.7 Å². The minimum absolute atomic E-state index is 0.0342. The van der Waals surface area contributed by atoms with Crippen LogP contribution in [0.15, 0.2) is 29.2 Å². The number of benzene rings is 1. The SMILES string of the molecule is CC(C)CC1(CNS(=O)(=O)c2ccccc2F)CCCC1. The Bertz CT molecular complexity index is 578.